The molecule has 2 aromatic rings. The van der Waals surface area contributed by atoms with Gasteiger partial charge in [0.05, 0.1) is 5.02 Å². The van der Waals surface area contributed by atoms with Crippen molar-refractivity contribution in [2.45, 2.75) is 38.6 Å². The van der Waals surface area contributed by atoms with E-state index < -0.39 is 17.5 Å². The van der Waals surface area contributed by atoms with E-state index in [0.717, 1.165) is 6.07 Å². The number of hydrogen-bond donors (Lipinski definition) is 0. The molecule has 1 aliphatic heterocycles. The molecule has 0 spiro atoms. The van der Waals surface area contributed by atoms with Crippen molar-refractivity contribution in [3.8, 4) is 0 Å². The van der Waals surface area contributed by atoms with Gasteiger partial charge in [-0.15, -0.1) is 0 Å². The smallest absolute Gasteiger partial charge is 0.253 e. The van der Waals surface area contributed by atoms with Crippen molar-refractivity contribution in [3.05, 3.63) is 70.0 Å². The summed E-state index contributed by atoms with van der Waals surface area (Å²) < 4.78 is 41.0. The molecule has 1 unspecified atom stereocenters. The summed E-state index contributed by atoms with van der Waals surface area (Å²) in [5.41, 5.74) is 0.671. The third-order valence-corrected chi connectivity index (χ3v) is 6.46. The van der Waals surface area contributed by atoms with E-state index in [-0.39, 0.29) is 35.2 Å². The molecule has 4 nitrogen and oxygen atoms in total. The lowest BCUT2D eigenvalue weighted by Gasteiger charge is -2.40. The highest BCUT2D eigenvalue weighted by Crippen LogP contribution is 2.29. The first kappa shape index (κ1) is 24.1. The highest BCUT2D eigenvalue weighted by atomic mass is 35.5. The quantitative estimate of drug-likeness (QED) is 0.595. The van der Waals surface area contributed by atoms with E-state index in [1.807, 2.05) is 0 Å². The zero-order chi connectivity index (χ0) is 23.4. The molecule has 1 fully saturated rings. The van der Waals surface area contributed by atoms with Gasteiger partial charge in [-0.2, -0.15) is 0 Å². The van der Waals surface area contributed by atoms with Crippen LogP contribution >= 0.6 is 11.6 Å². The van der Waals surface area contributed by atoms with Gasteiger partial charge in [0.15, 0.2) is 0 Å². The minimum atomic E-state index is -0.645. The van der Waals surface area contributed by atoms with Crippen LogP contribution in [0.3, 0.4) is 0 Å². The van der Waals surface area contributed by atoms with Crippen LogP contribution in [-0.4, -0.2) is 47.8 Å². The molecular formula is C24H26ClF3N2O2. The Labute approximate surface area is 191 Å². The van der Waals surface area contributed by atoms with Crippen LogP contribution in [0.5, 0.6) is 0 Å². The van der Waals surface area contributed by atoms with E-state index >= 15 is 0 Å². The third-order valence-electron chi connectivity index (χ3n) is 6.18. The van der Waals surface area contributed by atoms with Crippen LogP contribution in [0.15, 0.2) is 36.4 Å². The van der Waals surface area contributed by atoms with Gasteiger partial charge in [0.1, 0.15) is 17.5 Å². The standard InChI is InChI=1S/C24H26ClF3N2O2/c1-3-23(31)29(2)22(13-16-4-6-18(26)14-21(16)28)15-8-10-30(11-9-15)24(32)17-5-7-20(27)19(25)12-17/h4-7,12,14-15,22H,3,8-11,13H2,1-2H3. The molecular weight excluding hydrogens is 441 g/mol. The van der Waals surface area contributed by atoms with Gasteiger partial charge in [0.25, 0.3) is 5.91 Å². The number of likely N-dealkylation sites (tertiary alicyclic amines) is 1. The van der Waals surface area contributed by atoms with Crippen molar-refractivity contribution in [3.63, 3.8) is 0 Å². The first-order chi connectivity index (χ1) is 15.2. The number of rotatable bonds is 6. The van der Waals surface area contributed by atoms with Crippen LogP contribution in [0.2, 0.25) is 5.02 Å². The predicted molar refractivity (Wildman–Crippen MR) is 117 cm³/mol. The molecule has 0 N–H and O–H groups in total. The van der Waals surface area contributed by atoms with Gasteiger partial charge in [0, 0.05) is 44.2 Å². The molecule has 1 aliphatic rings. The SMILES string of the molecule is CCC(=O)N(C)C(Cc1ccc(F)cc1F)C1CCN(C(=O)c2ccc(F)c(Cl)c2)CC1. The number of amides is 2. The number of nitrogens with zero attached hydrogens (tertiary/aromatic N) is 2. The van der Waals surface area contributed by atoms with Crippen LogP contribution in [0, 0.1) is 23.4 Å². The molecule has 1 saturated heterocycles. The topological polar surface area (TPSA) is 40.6 Å². The summed E-state index contributed by atoms with van der Waals surface area (Å²) in [6, 6.07) is 7.09. The molecule has 2 amide bonds. The zero-order valence-electron chi connectivity index (χ0n) is 18.1. The maximum atomic E-state index is 14.3. The van der Waals surface area contributed by atoms with Gasteiger partial charge in [-0.25, -0.2) is 13.2 Å². The fourth-order valence-electron chi connectivity index (χ4n) is 4.27. The highest BCUT2D eigenvalue weighted by molar-refractivity contribution is 6.31. The monoisotopic (exact) mass is 466 g/mol. The molecule has 32 heavy (non-hydrogen) atoms. The van der Waals surface area contributed by atoms with Crippen molar-refractivity contribution in [2.24, 2.45) is 5.92 Å². The Morgan fingerprint density at radius 1 is 1.09 bits per heavy atom. The Bertz CT molecular complexity index is 993. The average Bonchev–Trinajstić information content (AvgIpc) is 2.79. The molecule has 0 radical (unpaired) electrons. The normalized spacial score (nSPS) is 15.5. The molecule has 0 aromatic heterocycles. The maximum absolute atomic E-state index is 14.3. The minimum Gasteiger partial charge on any atom is -0.342 e. The lowest BCUT2D eigenvalue weighted by atomic mass is 9.84. The lowest BCUT2D eigenvalue weighted by molar-refractivity contribution is -0.133. The molecule has 3 rings (SSSR count). The number of halogens is 4. The number of piperidine rings is 1. The molecule has 1 atom stereocenters. The van der Waals surface area contributed by atoms with E-state index in [1.165, 1.54) is 30.3 Å². The predicted octanol–water partition coefficient (Wildman–Crippen LogP) is 5.09. The maximum Gasteiger partial charge on any atom is 0.253 e. The number of benzene rings is 2. The summed E-state index contributed by atoms with van der Waals surface area (Å²) in [6.45, 7) is 2.67. The van der Waals surface area contributed by atoms with Crippen molar-refractivity contribution >= 4 is 23.4 Å². The van der Waals surface area contributed by atoms with Crippen LogP contribution in [0.4, 0.5) is 13.2 Å². The summed E-state index contributed by atoms with van der Waals surface area (Å²) >= 11 is 5.80. The van der Waals surface area contributed by atoms with Gasteiger partial charge in [-0.05, 0) is 55.0 Å². The summed E-state index contributed by atoms with van der Waals surface area (Å²) in [5.74, 6) is -2.11. The van der Waals surface area contributed by atoms with Crippen LogP contribution in [0.25, 0.3) is 0 Å². The second kappa shape index (κ2) is 10.4. The summed E-state index contributed by atoms with van der Waals surface area (Å²) in [4.78, 5) is 28.5. The molecule has 0 bridgehead atoms. The summed E-state index contributed by atoms with van der Waals surface area (Å²) in [7, 11) is 1.70. The molecule has 0 aliphatic carbocycles. The summed E-state index contributed by atoms with van der Waals surface area (Å²) in [5, 5.41) is -0.105. The third kappa shape index (κ3) is 5.44. The molecule has 2 aromatic carbocycles. The number of carbonyl (C=O) groups is 2. The Hall–Kier alpha value is -2.54. The Morgan fingerprint density at radius 3 is 2.38 bits per heavy atom. The van der Waals surface area contributed by atoms with Crippen molar-refractivity contribution in [2.75, 3.05) is 20.1 Å². The van der Waals surface area contributed by atoms with Gasteiger partial charge in [0.2, 0.25) is 5.91 Å². The van der Waals surface area contributed by atoms with E-state index in [2.05, 4.69) is 0 Å². The number of carbonyl (C=O) groups excluding carboxylic acids is 2. The molecule has 0 saturated carbocycles. The van der Waals surface area contributed by atoms with Gasteiger partial charge in [-0.1, -0.05) is 24.6 Å². The zero-order valence-corrected chi connectivity index (χ0v) is 18.8. The van der Waals surface area contributed by atoms with Crippen molar-refractivity contribution < 1.29 is 22.8 Å². The van der Waals surface area contributed by atoms with Crippen LogP contribution < -0.4 is 0 Å². The van der Waals surface area contributed by atoms with Crippen molar-refractivity contribution in [1.82, 2.24) is 9.80 Å². The van der Waals surface area contributed by atoms with E-state index in [0.29, 0.717) is 43.5 Å². The Morgan fingerprint density at radius 2 is 1.78 bits per heavy atom. The first-order valence-electron chi connectivity index (χ1n) is 10.6. The highest BCUT2D eigenvalue weighted by Gasteiger charge is 2.33. The largest absolute Gasteiger partial charge is 0.342 e. The minimum absolute atomic E-state index is 0.0424. The van der Waals surface area contributed by atoms with Gasteiger partial charge >= 0.3 is 0 Å². The van der Waals surface area contributed by atoms with E-state index in [4.69, 9.17) is 11.6 Å². The Kier molecular flexibility index (Phi) is 7.82. The number of likely N-dealkylation sites (N-methyl/N-ethyl adjacent to an activating group) is 1. The Balaban J connectivity index is 1.73. The number of hydrogen-bond acceptors (Lipinski definition) is 2. The molecule has 8 heteroatoms. The van der Waals surface area contributed by atoms with Gasteiger partial charge in [-0.3, -0.25) is 9.59 Å². The average molecular weight is 467 g/mol. The van der Waals surface area contributed by atoms with Crippen molar-refractivity contribution in [1.29, 1.82) is 0 Å². The second-order valence-electron chi connectivity index (χ2n) is 8.12. The van der Waals surface area contributed by atoms with Crippen LogP contribution in [-0.2, 0) is 11.2 Å². The van der Waals surface area contributed by atoms with E-state index in [1.54, 1.807) is 23.8 Å². The van der Waals surface area contributed by atoms with Crippen LogP contribution in [0.1, 0.15) is 42.1 Å². The van der Waals surface area contributed by atoms with E-state index in [9.17, 15) is 22.8 Å². The second-order valence-corrected chi connectivity index (χ2v) is 8.53. The molecule has 1 heterocycles. The fraction of sp³-hybridized carbons (Fsp3) is 0.417. The fourth-order valence-corrected chi connectivity index (χ4v) is 4.45. The lowest BCUT2D eigenvalue weighted by Crippen LogP contribution is -2.48. The first-order valence-corrected chi connectivity index (χ1v) is 11.0. The molecule has 172 valence electrons. The summed E-state index contributed by atoms with van der Waals surface area (Å²) in [6.07, 6.45) is 1.83. The van der Waals surface area contributed by atoms with Gasteiger partial charge < -0.3 is 9.80 Å².